The van der Waals surface area contributed by atoms with Gasteiger partial charge < -0.3 is 20.5 Å². The fourth-order valence-corrected chi connectivity index (χ4v) is 1.57. The minimum atomic E-state index is -0.861. The first-order valence-electron chi connectivity index (χ1n) is 7.07. The van der Waals surface area contributed by atoms with E-state index in [1.54, 1.807) is 39.1 Å². The fourth-order valence-electron chi connectivity index (χ4n) is 1.57. The van der Waals surface area contributed by atoms with Crippen molar-refractivity contribution in [2.24, 2.45) is 0 Å². The van der Waals surface area contributed by atoms with Crippen LogP contribution in [0.1, 0.15) is 32.8 Å². The normalized spacial score (nSPS) is 10.7. The third kappa shape index (κ3) is 7.79. The number of nitrogens with two attached hydrogens (primary N) is 1. The Labute approximate surface area is 134 Å². The van der Waals surface area contributed by atoms with E-state index in [2.05, 4.69) is 15.0 Å². The van der Waals surface area contributed by atoms with Gasteiger partial charge in [-0.1, -0.05) is 6.07 Å². The van der Waals surface area contributed by atoms with Crippen LogP contribution >= 0.6 is 0 Å². The molecule has 1 rings (SSSR count). The van der Waals surface area contributed by atoms with Gasteiger partial charge in [0.15, 0.2) is 0 Å². The van der Waals surface area contributed by atoms with Gasteiger partial charge in [-0.15, -0.1) is 0 Å². The molecule has 0 aliphatic carbocycles. The van der Waals surface area contributed by atoms with Crippen LogP contribution in [-0.2, 0) is 25.5 Å². The highest BCUT2D eigenvalue weighted by molar-refractivity contribution is 5.88. The van der Waals surface area contributed by atoms with Gasteiger partial charge in [-0.05, 0) is 38.8 Å². The molecule has 0 aliphatic rings. The second-order valence-corrected chi connectivity index (χ2v) is 5.75. The number of hydrogen-bond acceptors (Lipinski definition) is 7. The Morgan fingerprint density at radius 3 is 2.57 bits per heavy atom. The van der Waals surface area contributed by atoms with Crippen molar-refractivity contribution in [3.63, 3.8) is 0 Å². The number of pyridine rings is 1. The van der Waals surface area contributed by atoms with E-state index < -0.39 is 30.2 Å². The Morgan fingerprint density at radius 1 is 1.26 bits per heavy atom. The van der Waals surface area contributed by atoms with Crippen LogP contribution < -0.4 is 11.1 Å². The van der Waals surface area contributed by atoms with Gasteiger partial charge in [0.05, 0.1) is 6.42 Å². The zero-order valence-corrected chi connectivity index (χ0v) is 13.4. The summed E-state index contributed by atoms with van der Waals surface area (Å²) < 4.78 is 9.53. The summed E-state index contributed by atoms with van der Waals surface area (Å²) in [6.07, 6.45) is 1.08. The molecule has 0 bridgehead atoms. The summed E-state index contributed by atoms with van der Waals surface area (Å²) in [5, 5.41) is 2.21. The number of rotatable bonds is 5. The molecule has 0 radical (unpaired) electrons. The van der Waals surface area contributed by atoms with Crippen molar-refractivity contribution >= 4 is 23.8 Å². The van der Waals surface area contributed by atoms with Gasteiger partial charge in [-0.3, -0.25) is 4.79 Å². The molecule has 1 amide bonds. The van der Waals surface area contributed by atoms with Crippen LogP contribution in [0.2, 0.25) is 0 Å². The summed E-state index contributed by atoms with van der Waals surface area (Å²) in [6.45, 7) is 4.63. The van der Waals surface area contributed by atoms with E-state index in [9.17, 15) is 14.4 Å². The molecule has 0 atom stereocenters. The summed E-state index contributed by atoms with van der Waals surface area (Å²) >= 11 is 0. The molecule has 1 heterocycles. The molecule has 0 saturated heterocycles. The Kier molecular flexibility index (Phi) is 6.49. The molecule has 1 aromatic rings. The largest absolute Gasteiger partial charge is 0.444 e. The highest BCUT2D eigenvalue weighted by atomic mass is 16.6. The second kappa shape index (κ2) is 8.11. The van der Waals surface area contributed by atoms with Gasteiger partial charge in [0.25, 0.3) is 0 Å². The van der Waals surface area contributed by atoms with Crippen LogP contribution in [0, 0.1) is 0 Å². The van der Waals surface area contributed by atoms with Gasteiger partial charge in [0.1, 0.15) is 18.0 Å². The molecule has 8 heteroatoms. The van der Waals surface area contributed by atoms with Crippen LogP contribution in [0.3, 0.4) is 0 Å². The highest BCUT2D eigenvalue weighted by Gasteiger charge is 2.18. The third-order valence-electron chi connectivity index (χ3n) is 2.53. The molecule has 0 aliphatic heterocycles. The topological polar surface area (TPSA) is 121 Å². The van der Waals surface area contributed by atoms with Crippen molar-refractivity contribution in [3.05, 3.63) is 23.9 Å². The molecular weight excluding hydrogens is 302 g/mol. The van der Waals surface area contributed by atoms with Crippen LogP contribution in [0.15, 0.2) is 18.3 Å². The first-order valence-corrected chi connectivity index (χ1v) is 7.07. The van der Waals surface area contributed by atoms with E-state index in [1.807, 2.05) is 0 Å². The molecule has 1 aromatic heterocycles. The maximum atomic E-state index is 11.6. The van der Waals surface area contributed by atoms with E-state index in [4.69, 9.17) is 10.5 Å². The smallest absolute Gasteiger partial charge is 0.408 e. The standard InChI is InChI=1S/C15H21N3O5/c1-15(2,3)23-14(21)18-9-12(20)22-11(19)7-6-10-5-4-8-17-13(10)16/h4-5,8H,6-7,9H2,1-3H3,(H2,16,17)(H,18,21). The molecule has 0 unspecified atom stereocenters. The Morgan fingerprint density at radius 2 is 1.96 bits per heavy atom. The summed E-state index contributed by atoms with van der Waals surface area (Å²) in [4.78, 5) is 38.3. The number of esters is 2. The first kappa shape index (κ1) is 18.4. The second-order valence-electron chi connectivity index (χ2n) is 5.75. The zero-order valence-electron chi connectivity index (χ0n) is 13.4. The number of hydrogen-bond donors (Lipinski definition) is 2. The summed E-state index contributed by atoms with van der Waals surface area (Å²) in [5.74, 6) is -1.23. The maximum Gasteiger partial charge on any atom is 0.408 e. The van der Waals surface area contributed by atoms with Gasteiger partial charge in [-0.25, -0.2) is 14.6 Å². The number of nitrogens with one attached hydrogen (secondary N) is 1. The lowest BCUT2D eigenvalue weighted by molar-refractivity contribution is -0.158. The number of alkyl carbamates (subject to hydrolysis) is 1. The monoisotopic (exact) mass is 323 g/mol. The number of amides is 1. The number of aromatic nitrogens is 1. The van der Waals surface area contributed by atoms with E-state index >= 15 is 0 Å². The molecule has 8 nitrogen and oxygen atoms in total. The van der Waals surface area contributed by atoms with Crippen molar-refractivity contribution in [1.82, 2.24) is 10.3 Å². The van der Waals surface area contributed by atoms with Gasteiger partial charge in [0, 0.05) is 6.20 Å². The van der Waals surface area contributed by atoms with Crippen LogP contribution in [0.5, 0.6) is 0 Å². The Balaban J connectivity index is 2.30. The fraction of sp³-hybridized carbons (Fsp3) is 0.467. The average Bonchev–Trinajstić information content (AvgIpc) is 2.42. The number of carbonyl (C=O) groups excluding carboxylic acids is 3. The van der Waals surface area contributed by atoms with E-state index in [1.165, 1.54) is 0 Å². The summed E-state index contributed by atoms with van der Waals surface area (Å²) in [6, 6.07) is 3.44. The first-order chi connectivity index (χ1) is 10.7. The SMILES string of the molecule is CC(C)(C)OC(=O)NCC(=O)OC(=O)CCc1cccnc1N. The van der Waals surface area contributed by atoms with Crippen molar-refractivity contribution in [1.29, 1.82) is 0 Å². The number of carbonyl (C=O) groups is 3. The molecular formula is C15H21N3O5. The van der Waals surface area contributed by atoms with Gasteiger partial charge in [0.2, 0.25) is 0 Å². The predicted octanol–water partition coefficient (Wildman–Crippen LogP) is 1.19. The zero-order chi connectivity index (χ0) is 17.5. The van der Waals surface area contributed by atoms with Crippen molar-refractivity contribution in [2.75, 3.05) is 12.3 Å². The molecule has 0 aromatic carbocycles. The van der Waals surface area contributed by atoms with Crippen LogP contribution in [-0.4, -0.2) is 35.2 Å². The summed E-state index contributed by atoms with van der Waals surface area (Å²) in [5.41, 5.74) is 5.67. The quantitative estimate of drug-likeness (QED) is 0.616. The van der Waals surface area contributed by atoms with Crippen molar-refractivity contribution < 1.29 is 23.9 Å². The van der Waals surface area contributed by atoms with E-state index in [-0.39, 0.29) is 6.42 Å². The lowest BCUT2D eigenvalue weighted by Crippen LogP contribution is -2.36. The molecule has 23 heavy (non-hydrogen) atoms. The molecule has 0 fully saturated rings. The lowest BCUT2D eigenvalue weighted by Gasteiger charge is -2.19. The Bertz CT molecular complexity index is 581. The number of aryl methyl sites for hydroxylation is 1. The third-order valence-corrected chi connectivity index (χ3v) is 2.53. The number of nitrogen functional groups attached to an aromatic ring is 1. The summed E-state index contributed by atoms with van der Waals surface area (Å²) in [7, 11) is 0. The van der Waals surface area contributed by atoms with Gasteiger partial charge in [-0.2, -0.15) is 0 Å². The van der Waals surface area contributed by atoms with E-state index in [0.717, 1.165) is 0 Å². The number of nitrogens with zero attached hydrogens (tertiary/aromatic N) is 1. The van der Waals surface area contributed by atoms with Crippen molar-refractivity contribution in [3.8, 4) is 0 Å². The van der Waals surface area contributed by atoms with Crippen LogP contribution in [0.25, 0.3) is 0 Å². The Hall–Kier alpha value is -2.64. The highest BCUT2D eigenvalue weighted by Crippen LogP contribution is 2.10. The maximum absolute atomic E-state index is 11.6. The predicted molar refractivity (Wildman–Crippen MR) is 82.3 cm³/mol. The molecule has 0 spiro atoms. The average molecular weight is 323 g/mol. The number of ether oxygens (including phenoxy) is 2. The molecule has 126 valence electrons. The van der Waals surface area contributed by atoms with Crippen molar-refractivity contribution in [2.45, 2.75) is 39.2 Å². The minimum absolute atomic E-state index is 0.0198. The van der Waals surface area contributed by atoms with Gasteiger partial charge >= 0.3 is 18.0 Å². The lowest BCUT2D eigenvalue weighted by atomic mass is 10.1. The van der Waals surface area contributed by atoms with Crippen LogP contribution in [0.4, 0.5) is 10.6 Å². The minimum Gasteiger partial charge on any atom is -0.444 e. The number of anilines is 1. The molecule has 3 N–H and O–H groups in total. The van der Waals surface area contributed by atoms with E-state index in [0.29, 0.717) is 17.8 Å². The molecule has 0 saturated carbocycles.